The van der Waals surface area contributed by atoms with Crippen LogP contribution in [0.5, 0.6) is 5.75 Å². The summed E-state index contributed by atoms with van der Waals surface area (Å²) in [5.41, 5.74) is 1.98. The van der Waals surface area contributed by atoms with Crippen LogP contribution in [0, 0.1) is 6.92 Å². The maximum absolute atomic E-state index is 12.8. The van der Waals surface area contributed by atoms with E-state index in [1.807, 2.05) is 31.2 Å². The maximum Gasteiger partial charge on any atom is 0.291 e. The van der Waals surface area contributed by atoms with Crippen molar-refractivity contribution in [3.63, 3.8) is 0 Å². The van der Waals surface area contributed by atoms with Crippen LogP contribution >= 0.6 is 11.6 Å². The molecule has 0 bridgehead atoms. The Kier molecular flexibility index (Phi) is 5.55. The van der Waals surface area contributed by atoms with Crippen molar-refractivity contribution in [3.8, 4) is 5.75 Å². The minimum absolute atomic E-state index is 0.0971. The maximum atomic E-state index is 12.8. The third-order valence-electron chi connectivity index (χ3n) is 4.94. The van der Waals surface area contributed by atoms with Crippen molar-refractivity contribution >= 4 is 34.2 Å². The smallest absolute Gasteiger partial charge is 0.291 e. The first kappa shape index (κ1) is 18.8. The molecule has 1 N–H and O–H groups in total. The van der Waals surface area contributed by atoms with Crippen molar-refractivity contribution in [2.45, 2.75) is 32.3 Å². The van der Waals surface area contributed by atoms with Gasteiger partial charge in [-0.2, -0.15) is 0 Å². The van der Waals surface area contributed by atoms with Gasteiger partial charge in [-0.1, -0.05) is 23.7 Å². The number of furan rings is 1. The fraction of sp³-hybridized carbons (Fsp3) is 0.318. The molecule has 146 valence electrons. The summed E-state index contributed by atoms with van der Waals surface area (Å²) in [7, 11) is 0. The lowest BCUT2D eigenvalue weighted by Gasteiger charge is -2.23. The molecule has 0 spiro atoms. The molecule has 1 aromatic heterocycles. The molecule has 0 saturated carbocycles. The first-order chi connectivity index (χ1) is 13.6. The van der Waals surface area contributed by atoms with Crippen molar-refractivity contribution < 1.29 is 18.7 Å². The molecule has 5 nitrogen and oxygen atoms in total. The lowest BCUT2D eigenvalue weighted by atomic mass is 10.1. The van der Waals surface area contributed by atoms with E-state index >= 15 is 0 Å². The number of para-hydroxylation sites is 2. The van der Waals surface area contributed by atoms with Crippen LogP contribution in [0.15, 0.2) is 46.9 Å². The Morgan fingerprint density at radius 2 is 2.11 bits per heavy atom. The van der Waals surface area contributed by atoms with E-state index in [4.69, 9.17) is 25.5 Å². The predicted octanol–water partition coefficient (Wildman–Crippen LogP) is 5.59. The fourth-order valence-electron chi connectivity index (χ4n) is 3.41. The number of nitrogens with one attached hydrogen (secondary N) is 1. The summed E-state index contributed by atoms with van der Waals surface area (Å²) >= 11 is 6.06. The van der Waals surface area contributed by atoms with Gasteiger partial charge in [0.05, 0.1) is 11.8 Å². The number of ether oxygens (including phenoxy) is 2. The molecule has 1 aliphatic rings. The molecule has 2 heterocycles. The second-order valence-corrected chi connectivity index (χ2v) is 7.38. The Balaban J connectivity index is 1.51. The molecule has 6 heteroatoms. The molecule has 1 fully saturated rings. The zero-order chi connectivity index (χ0) is 19.5. The zero-order valence-corrected chi connectivity index (χ0v) is 16.4. The number of rotatable bonds is 5. The van der Waals surface area contributed by atoms with Crippen molar-refractivity contribution in [1.29, 1.82) is 0 Å². The van der Waals surface area contributed by atoms with E-state index in [1.54, 1.807) is 18.2 Å². The fourth-order valence-corrected chi connectivity index (χ4v) is 3.58. The van der Waals surface area contributed by atoms with Crippen molar-refractivity contribution in [1.82, 2.24) is 0 Å². The molecule has 28 heavy (non-hydrogen) atoms. The van der Waals surface area contributed by atoms with Gasteiger partial charge in [-0.3, -0.25) is 4.79 Å². The number of hydrogen-bond donors (Lipinski definition) is 1. The summed E-state index contributed by atoms with van der Waals surface area (Å²) in [4.78, 5) is 12.8. The number of carbonyl (C=O) groups excluding carboxylic acids is 1. The van der Waals surface area contributed by atoms with E-state index < -0.39 is 0 Å². The minimum Gasteiger partial charge on any atom is -0.489 e. The van der Waals surface area contributed by atoms with Gasteiger partial charge in [0.25, 0.3) is 5.91 Å². The summed E-state index contributed by atoms with van der Waals surface area (Å²) in [5.74, 6) is 0.555. The molecule has 3 aromatic rings. The first-order valence-electron chi connectivity index (χ1n) is 9.45. The first-order valence-corrected chi connectivity index (χ1v) is 9.83. The van der Waals surface area contributed by atoms with E-state index in [2.05, 4.69) is 5.32 Å². The molecule has 0 radical (unpaired) electrons. The molecular weight excluding hydrogens is 378 g/mol. The van der Waals surface area contributed by atoms with E-state index in [-0.39, 0.29) is 17.8 Å². The van der Waals surface area contributed by atoms with E-state index in [0.29, 0.717) is 28.6 Å². The Hall–Kier alpha value is -2.50. The number of aryl methyl sites for hydroxylation is 1. The number of halogens is 1. The third-order valence-corrected chi connectivity index (χ3v) is 5.17. The monoisotopic (exact) mass is 399 g/mol. The normalized spacial score (nSPS) is 16.9. The molecular formula is C22H22ClNO4. The second kappa shape index (κ2) is 8.25. The van der Waals surface area contributed by atoms with Gasteiger partial charge in [0, 0.05) is 22.6 Å². The molecule has 2 aromatic carbocycles. The van der Waals surface area contributed by atoms with Gasteiger partial charge in [0.1, 0.15) is 17.9 Å². The van der Waals surface area contributed by atoms with Gasteiger partial charge < -0.3 is 19.2 Å². The van der Waals surface area contributed by atoms with Gasteiger partial charge in [-0.05, 0) is 56.5 Å². The minimum atomic E-state index is -0.324. The molecule has 1 atom stereocenters. The number of hydrogen-bond acceptors (Lipinski definition) is 4. The topological polar surface area (TPSA) is 60.7 Å². The van der Waals surface area contributed by atoms with Crippen molar-refractivity contribution in [2.75, 3.05) is 18.5 Å². The SMILES string of the molecule is Cc1c(C(=O)Nc2ccccc2OCC2CCCCO2)oc2ccc(Cl)cc12. The quantitative estimate of drug-likeness (QED) is 0.607. The summed E-state index contributed by atoms with van der Waals surface area (Å²) < 4.78 is 17.4. The number of carbonyl (C=O) groups is 1. The molecule has 1 unspecified atom stereocenters. The zero-order valence-electron chi connectivity index (χ0n) is 15.7. The standard InChI is InChI=1S/C22H22ClNO4/c1-14-17-12-15(23)9-10-19(17)28-21(14)22(25)24-18-7-2-3-8-20(18)27-13-16-6-4-5-11-26-16/h2-3,7-10,12,16H,4-6,11,13H2,1H3,(H,24,25). The summed E-state index contributed by atoms with van der Waals surface area (Å²) in [6.07, 6.45) is 3.35. The van der Waals surface area contributed by atoms with E-state index in [1.165, 1.54) is 0 Å². The van der Waals surface area contributed by atoms with E-state index in [0.717, 1.165) is 36.8 Å². The Morgan fingerprint density at radius 1 is 1.25 bits per heavy atom. The lowest BCUT2D eigenvalue weighted by Crippen LogP contribution is -2.26. The average molecular weight is 400 g/mol. The molecule has 1 amide bonds. The number of benzene rings is 2. The van der Waals surface area contributed by atoms with Gasteiger partial charge in [-0.15, -0.1) is 0 Å². The van der Waals surface area contributed by atoms with Gasteiger partial charge in [0.15, 0.2) is 5.76 Å². The summed E-state index contributed by atoms with van der Waals surface area (Å²) in [6.45, 7) is 3.09. The van der Waals surface area contributed by atoms with Crippen LogP contribution in [0.25, 0.3) is 11.0 Å². The Labute approximate surface area is 168 Å². The summed E-state index contributed by atoms with van der Waals surface area (Å²) in [6, 6.07) is 12.7. The highest BCUT2D eigenvalue weighted by molar-refractivity contribution is 6.31. The highest BCUT2D eigenvalue weighted by atomic mass is 35.5. The molecule has 1 aliphatic heterocycles. The molecule has 1 saturated heterocycles. The lowest BCUT2D eigenvalue weighted by molar-refractivity contribution is -0.0109. The van der Waals surface area contributed by atoms with Crippen LogP contribution in [-0.4, -0.2) is 25.2 Å². The Morgan fingerprint density at radius 3 is 2.93 bits per heavy atom. The number of amides is 1. The van der Waals surface area contributed by atoms with E-state index in [9.17, 15) is 4.79 Å². The highest BCUT2D eigenvalue weighted by Crippen LogP contribution is 2.30. The summed E-state index contributed by atoms with van der Waals surface area (Å²) in [5, 5.41) is 4.33. The highest BCUT2D eigenvalue weighted by Gasteiger charge is 2.20. The van der Waals surface area contributed by atoms with Crippen molar-refractivity contribution in [3.05, 3.63) is 58.8 Å². The Bertz CT molecular complexity index is 991. The number of anilines is 1. The van der Waals surface area contributed by atoms with Crippen molar-refractivity contribution in [2.24, 2.45) is 0 Å². The van der Waals surface area contributed by atoms with Crippen LogP contribution in [0.2, 0.25) is 5.02 Å². The third kappa shape index (κ3) is 4.01. The van der Waals surface area contributed by atoms with Gasteiger partial charge in [0.2, 0.25) is 0 Å². The molecule has 4 rings (SSSR count). The average Bonchev–Trinajstić information content (AvgIpc) is 3.04. The largest absolute Gasteiger partial charge is 0.489 e. The molecule has 0 aliphatic carbocycles. The van der Waals surface area contributed by atoms with Crippen LogP contribution in [0.1, 0.15) is 35.4 Å². The second-order valence-electron chi connectivity index (χ2n) is 6.95. The van der Waals surface area contributed by atoms with Gasteiger partial charge >= 0.3 is 0 Å². The van der Waals surface area contributed by atoms with Crippen LogP contribution in [0.3, 0.4) is 0 Å². The number of fused-ring (bicyclic) bond motifs is 1. The van der Waals surface area contributed by atoms with Crippen LogP contribution in [-0.2, 0) is 4.74 Å². The van der Waals surface area contributed by atoms with Crippen LogP contribution in [0.4, 0.5) is 5.69 Å². The predicted molar refractivity (Wildman–Crippen MR) is 109 cm³/mol. The van der Waals surface area contributed by atoms with Crippen LogP contribution < -0.4 is 10.1 Å². The van der Waals surface area contributed by atoms with Gasteiger partial charge in [-0.25, -0.2) is 0 Å².